The van der Waals surface area contributed by atoms with Gasteiger partial charge in [-0.05, 0) is 73.2 Å². The minimum atomic E-state index is -0.169. The van der Waals surface area contributed by atoms with Gasteiger partial charge in [-0.3, -0.25) is 4.79 Å². The molecular weight excluding hydrogens is 388 g/mol. The number of para-hydroxylation sites is 1. The van der Waals surface area contributed by atoms with E-state index in [0.717, 1.165) is 16.9 Å². The Balaban J connectivity index is 1.70. The minimum absolute atomic E-state index is 0.165. The van der Waals surface area contributed by atoms with Crippen LogP contribution < -0.4 is 16.4 Å². The molecule has 0 atom stereocenters. The summed E-state index contributed by atoms with van der Waals surface area (Å²) in [6.45, 7) is 1.99. The van der Waals surface area contributed by atoms with Crippen molar-refractivity contribution in [2.45, 2.75) is 6.92 Å². The zero-order chi connectivity index (χ0) is 21.8. The smallest absolute Gasteiger partial charge is 0.204 e. The van der Waals surface area contributed by atoms with Crippen molar-refractivity contribution in [2.24, 2.45) is 4.99 Å². The lowest BCUT2D eigenvalue weighted by Crippen LogP contribution is -2.22. The number of hydrogen-bond donors (Lipinski definition) is 4. The molecule has 0 spiro atoms. The van der Waals surface area contributed by atoms with Crippen LogP contribution in [0.2, 0.25) is 0 Å². The summed E-state index contributed by atoms with van der Waals surface area (Å²) >= 11 is 0. The van der Waals surface area contributed by atoms with E-state index in [2.05, 4.69) is 10.6 Å². The van der Waals surface area contributed by atoms with E-state index in [1.807, 2.05) is 43.3 Å². The molecule has 0 unspecified atom stereocenters. The largest absolute Gasteiger partial charge is 0.508 e. The number of hydrogen-bond acceptors (Lipinski definition) is 6. The van der Waals surface area contributed by atoms with E-state index in [4.69, 9.17) is 10.7 Å². The molecule has 1 aliphatic carbocycles. The van der Waals surface area contributed by atoms with Crippen molar-refractivity contribution in [3.8, 4) is 5.75 Å². The zero-order valence-corrected chi connectivity index (χ0v) is 17.0. The van der Waals surface area contributed by atoms with Gasteiger partial charge >= 0.3 is 0 Å². The number of ketones is 1. The van der Waals surface area contributed by atoms with Crippen LogP contribution in [0.1, 0.15) is 5.56 Å². The van der Waals surface area contributed by atoms with Gasteiger partial charge in [-0.15, -0.1) is 0 Å². The van der Waals surface area contributed by atoms with Crippen molar-refractivity contribution in [1.29, 1.82) is 0 Å². The predicted molar refractivity (Wildman–Crippen MR) is 126 cm³/mol. The van der Waals surface area contributed by atoms with Crippen LogP contribution in [0.25, 0.3) is 0 Å². The Hall–Kier alpha value is -4.32. The number of anilines is 3. The molecule has 31 heavy (non-hydrogen) atoms. The van der Waals surface area contributed by atoms with Gasteiger partial charge in [-0.25, -0.2) is 4.99 Å². The lowest BCUT2D eigenvalue weighted by atomic mass is 10.0. The lowest BCUT2D eigenvalue weighted by molar-refractivity contribution is -0.111. The molecule has 154 valence electrons. The number of aliphatic imine (C=N–C) groups is 1. The number of aryl methyl sites for hydroxylation is 1. The quantitative estimate of drug-likeness (QED) is 0.353. The third-order valence-electron chi connectivity index (χ3n) is 4.80. The Morgan fingerprint density at radius 1 is 0.839 bits per heavy atom. The van der Waals surface area contributed by atoms with Gasteiger partial charge < -0.3 is 21.5 Å². The van der Waals surface area contributed by atoms with Gasteiger partial charge in [0.25, 0.3) is 0 Å². The molecule has 0 saturated carbocycles. The number of benzene rings is 3. The number of nitrogens with two attached hydrogens (primary N) is 1. The summed E-state index contributed by atoms with van der Waals surface area (Å²) < 4.78 is 0. The van der Waals surface area contributed by atoms with E-state index in [1.54, 1.807) is 42.5 Å². The van der Waals surface area contributed by atoms with Gasteiger partial charge in [0.2, 0.25) is 5.78 Å². The van der Waals surface area contributed by atoms with Crippen LogP contribution >= 0.6 is 0 Å². The minimum Gasteiger partial charge on any atom is -0.508 e. The maximum Gasteiger partial charge on any atom is 0.204 e. The maximum atomic E-state index is 12.8. The number of aromatic hydroxyl groups is 1. The number of nitrogens with zero attached hydrogens (tertiary/aromatic N) is 1. The van der Waals surface area contributed by atoms with Gasteiger partial charge in [0, 0.05) is 23.1 Å². The fourth-order valence-corrected chi connectivity index (χ4v) is 3.11. The van der Waals surface area contributed by atoms with Crippen LogP contribution in [0.15, 0.2) is 101 Å². The number of allylic oxidation sites excluding steroid dienone is 2. The second-order valence-corrected chi connectivity index (χ2v) is 7.18. The molecule has 4 rings (SSSR count). The van der Waals surface area contributed by atoms with Crippen LogP contribution in [-0.2, 0) is 4.79 Å². The highest BCUT2D eigenvalue weighted by Gasteiger charge is 2.20. The Morgan fingerprint density at radius 2 is 1.55 bits per heavy atom. The van der Waals surface area contributed by atoms with E-state index in [9.17, 15) is 9.90 Å². The highest BCUT2D eigenvalue weighted by atomic mass is 16.3. The van der Waals surface area contributed by atoms with E-state index in [-0.39, 0.29) is 11.5 Å². The number of nitrogen functional groups attached to an aromatic ring is 1. The number of carbonyl (C=O) groups is 1. The topological polar surface area (TPSA) is 99.7 Å². The van der Waals surface area contributed by atoms with Gasteiger partial charge in [-0.2, -0.15) is 0 Å². The summed E-state index contributed by atoms with van der Waals surface area (Å²) in [5.74, 6) is -0.00427. The summed E-state index contributed by atoms with van der Waals surface area (Å²) in [7, 11) is 0. The van der Waals surface area contributed by atoms with Crippen LogP contribution in [-0.4, -0.2) is 16.6 Å². The number of rotatable bonds is 5. The standard InChI is InChI=1S/C25H22N4O2/c1-16-4-2-3-5-21(16)29-23-15-25(31)24(28-18-8-6-17(26)7-9-18)14-22(23)27-19-10-12-20(30)13-11-19/h2-15,28-30H,26H2,1H3/b27-22-. The van der Waals surface area contributed by atoms with Gasteiger partial charge in [0.1, 0.15) is 5.75 Å². The van der Waals surface area contributed by atoms with E-state index in [1.165, 1.54) is 6.08 Å². The van der Waals surface area contributed by atoms with Gasteiger partial charge in [-0.1, -0.05) is 18.2 Å². The number of phenols is 1. The first-order valence-electron chi connectivity index (χ1n) is 9.79. The fraction of sp³-hybridized carbons (Fsp3) is 0.0400. The third-order valence-corrected chi connectivity index (χ3v) is 4.80. The van der Waals surface area contributed by atoms with Gasteiger partial charge in [0.05, 0.1) is 22.8 Å². The molecule has 0 radical (unpaired) electrons. The third kappa shape index (κ3) is 4.82. The van der Waals surface area contributed by atoms with Gasteiger partial charge in [0.15, 0.2) is 0 Å². The van der Waals surface area contributed by atoms with Crippen LogP contribution in [0.5, 0.6) is 5.75 Å². The molecule has 6 nitrogen and oxygen atoms in total. The summed E-state index contributed by atoms with van der Waals surface area (Å²) in [6, 6.07) is 21.6. The monoisotopic (exact) mass is 410 g/mol. The Kier molecular flexibility index (Phi) is 5.53. The summed E-state index contributed by atoms with van der Waals surface area (Å²) in [5, 5.41) is 16.0. The molecule has 0 fully saturated rings. The molecule has 1 aliphatic rings. The van der Waals surface area contributed by atoms with E-state index < -0.39 is 0 Å². The number of nitrogens with one attached hydrogen (secondary N) is 2. The zero-order valence-electron chi connectivity index (χ0n) is 17.0. The molecule has 0 aliphatic heterocycles. The highest BCUT2D eigenvalue weighted by molar-refractivity contribution is 6.24. The second kappa shape index (κ2) is 8.59. The molecule has 0 bridgehead atoms. The van der Waals surface area contributed by atoms with Crippen LogP contribution in [0.4, 0.5) is 22.7 Å². The molecule has 3 aromatic rings. The van der Waals surface area contributed by atoms with E-state index >= 15 is 0 Å². The molecular formula is C25H22N4O2. The lowest BCUT2D eigenvalue weighted by Gasteiger charge is -2.19. The first kappa shape index (κ1) is 20.0. The molecule has 6 heteroatoms. The molecule has 3 aromatic carbocycles. The Bertz CT molecular complexity index is 1210. The first-order chi connectivity index (χ1) is 15.0. The average Bonchev–Trinajstić information content (AvgIpc) is 2.76. The fourth-order valence-electron chi connectivity index (χ4n) is 3.11. The van der Waals surface area contributed by atoms with Crippen molar-refractivity contribution in [3.63, 3.8) is 0 Å². The van der Waals surface area contributed by atoms with Crippen LogP contribution in [0.3, 0.4) is 0 Å². The first-order valence-corrected chi connectivity index (χ1v) is 9.79. The van der Waals surface area contributed by atoms with Crippen molar-refractivity contribution < 1.29 is 9.90 Å². The van der Waals surface area contributed by atoms with Crippen molar-refractivity contribution in [1.82, 2.24) is 0 Å². The van der Waals surface area contributed by atoms with Crippen molar-refractivity contribution >= 4 is 34.2 Å². The second-order valence-electron chi connectivity index (χ2n) is 7.18. The molecule has 0 saturated heterocycles. The number of carbonyl (C=O) groups excluding carboxylic acids is 1. The Labute approximate surface area is 180 Å². The van der Waals surface area contributed by atoms with Crippen molar-refractivity contribution in [2.75, 3.05) is 16.4 Å². The summed E-state index contributed by atoms with van der Waals surface area (Å²) in [5.41, 5.74) is 11.3. The summed E-state index contributed by atoms with van der Waals surface area (Å²) in [6.07, 6.45) is 3.25. The van der Waals surface area contributed by atoms with E-state index in [0.29, 0.717) is 28.5 Å². The number of phenolic OH excluding ortho intramolecular Hbond substituents is 1. The molecule has 0 aromatic heterocycles. The molecule has 0 amide bonds. The van der Waals surface area contributed by atoms with Crippen molar-refractivity contribution in [3.05, 3.63) is 102 Å². The normalized spacial score (nSPS) is 14.7. The molecule has 0 heterocycles. The summed E-state index contributed by atoms with van der Waals surface area (Å²) in [4.78, 5) is 17.5. The SMILES string of the molecule is Cc1ccccc1NC1=CC(=O)C(Nc2ccc(N)cc2)=C/C1=N/c1ccc(O)cc1. The predicted octanol–water partition coefficient (Wildman–Crippen LogP) is 4.93. The highest BCUT2D eigenvalue weighted by Crippen LogP contribution is 2.24. The maximum absolute atomic E-state index is 12.8. The van der Waals surface area contributed by atoms with Crippen LogP contribution in [0, 0.1) is 6.92 Å². The Morgan fingerprint density at radius 3 is 2.26 bits per heavy atom. The molecule has 5 N–H and O–H groups in total. The average molecular weight is 410 g/mol.